The topological polar surface area (TPSA) is 85.0 Å². The fraction of sp³-hybridized carbons (Fsp3) is 0.400. The normalized spacial score (nSPS) is 16.9. The molecule has 1 atom stereocenters. The molecule has 0 aromatic heterocycles. The zero-order chi connectivity index (χ0) is 39.9. The van der Waals surface area contributed by atoms with E-state index in [9.17, 15) is 13.2 Å². The first-order chi connectivity index (χ1) is 26.7. The molecule has 11 heteroatoms. The molecule has 0 spiro atoms. The van der Waals surface area contributed by atoms with Crippen molar-refractivity contribution in [2.75, 3.05) is 69.3 Å². The van der Waals surface area contributed by atoms with Crippen LogP contribution >= 0.6 is 23.4 Å². The molecule has 4 aromatic rings. The number of thioether (sulfide) groups is 1. The minimum absolute atomic E-state index is 0.0553. The molecule has 56 heavy (non-hydrogen) atoms. The Morgan fingerprint density at radius 3 is 2.29 bits per heavy atom. The van der Waals surface area contributed by atoms with Crippen molar-refractivity contribution in [1.29, 1.82) is 0 Å². The molecule has 1 aliphatic carbocycles. The summed E-state index contributed by atoms with van der Waals surface area (Å²) in [4.78, 5) is 21.5. The van der Waals surface area contributed by atoms with Crippen LogP contribution in [-0.2, 0) is 10.0 Å². The highest BCUT2D eigenvalue weighted by Gasteiger charge is 2.30. The van der Waals surface area contributed by atoms with Gasteiger partial charge in [-0.15, -0.1) is 11.8 Å². The van der Waals surface area contributed by atoms with Crippen LogP contribution in [0.1, 0.15) is 61.0 Å². The van der Waals surface area contributed by atoms with E-state index in [1.807, 2.05) is 49.4 Å². The van der Waals surface area contributed by atoms with Gasteiger partial charge in [-0.2, -0.15) is 0 Å². The van der Waals surface area contributed by atoms with Gasteiger partial charge in [-0.1, -0.05) is 61.4 Å². The SMILES string of the molecule is Cc1cc(S(=O)(=O)NC(=O)c2ccc(N3CCN(CC4=C(c5ccc(Cl)cc5)CCC(C)(C)C4)CC3)cc2)ccc1N[C@H](CCN(C)C)CSc1ccccc1. The van der Waals surface area contributed by atoms with Crippen LogP contribution in [0.15, 0.2) is 112 Å². The zero-order valence-electron chi connectivity index (χ0n) is 33.4. The number of sulfonamides is 1. The van der Waals surface area contributed by atoms with Gasteiger partial charge in [0.25, 0.3) is 15.9 Å². The van der Waals surface area contributed by atoms with Gasteiger partial charge in [0.2, 0.25) is 0 Å². The lowest BCUT2D eigenvalue weighted by Gasteiger charge is -2.39. The number of benzene rings is 4. The van der Waals surface area contributed by atoms with Crippen LogP contribution in [0.4, 0.5) is 11.4 Å². The first-order valence-electron chi connectivity index (χ1n) is 19.6. The maximum atomic E-state index is 13.4. The first-order valence-corrected chi connectivity index (χ1v) is 22.4. The summed E-state index contributed by atoms with van der Waals surface area (Å²) in [6, 6.07) is 31.0. The molecule has 6 rings (SSSR count). The van der Waals surface area contributed by atoms with Gasteiger partial charge < -0.3 is 15.1 Å². The Morgan fingerprint density at radius 1 is 0.929 bits per heavy atom. The molecule has 0 saturated carbocycles. The van der Waals surface area contributed by atoms with Crippen LogP contribution in [0, 0.1) is 12.3 Å². The summed E-state index contributed by atoms with van der Waals surface area (Å²) in [6.45, 7) is 12.1. The van der Waals surface area contributed by atoms with Crippen molar-refractivity contribution in [3.8, 4) is 0 Å². The van der Waals surface area contributed by atoms with Gasteiger partial charge >= 0.3 is 0 Å². The minimum Gasteiger partial charge on any atom is -0.381 e. The van der Waals surface area contributed by atoms with Crippen molar-refractivity contribution < 1.29 is 13.2 Å². The lowest BCUT2D eigenvalue weighted by molar-refractivity contribution is 0.0981. The van der Waals surface area contributed by atoms with Crippen LogP contribution in [-0.4, -0.2) is 89.3 Å². The quantitative estimate of drug-likeness (QED) is 0.115. The molecule has 1 amide bonds. The van der Waals surface area contributed by atoms with Gasteiger partial charge in [-0.05, 0) is 142 Å². The summed E-state index contributed by atoms with van der Waals surface area (Å²) < 4.78 is 29.1. The molecule has 4 aromatic carbocycles. The van der Waals surface area contributed by atoms with Gasteiger partial charge in [-0.25, -0.2) is 13.1 Å². The summed E-state index contributed by atoms with van der Waals surface area (Å²) >= 11 is 8.00. The Bertz CT molecular complexity index is 2080. The number of hydrogen-bond acceptors (Lipinski definition) is 8. The number of nitrogens with one attached hydrogen (secondary N) is 2. The molecule has 2 N–H and O–H groups in total. The second kappa shape index (κ2) is 18.6. The number of anilines is 2. The van der Waals surface area contributed by atoms with Crippen molar-refractivity contribution in [3.63, 3.8) is 0 Å². The molecule has 1 fully saturated rings. The Balaban J connectivity index is 1.03. The van der Waals surface area contributed by atoms with Gasteiger partial charge in [0.15, 0.2) is 0 Å². The smallest absolute Gasteiger partial charge is 0.264 e. The van der Waals surface area contributed by atoms with Crippen molar-refractivity contribution in [1.82, 2.24) is 14.5 Å². The van der Waals surface area contributed by atoms with Crippen LogP contribution in [0.5, 0.6) is 0 Å². The summed E-state index contributed by atoms with van der Waals surface area (Å²) in [6.07, 6.45) is 4.29. The van der Waals surface area contributed by atoms with Gasteiger partial charge in [-0.3, -0.25) is 9.69 Å². The number of aryl methyl sites for hydroxylation is 1. The van der Waals surface area contributed by atoms with E-state index in [1.54, 1.807) is 42.1 Å². The van der Waals surface area contributed by atoms with Gasteiger partial charge in [0.1, 0.15) is 0 Å². The molecule has 0 bridgehead atoms. The van der Waals surface area contributed by atoms with E-state index in [0.717, 1.165) is 86.2 Å². The van der Waals surface area contributed by atoms with E-state index >= 15 is 0 Å². The van der Waals surface area contributed by atoms with Crippen molar-refractivity contribution in [3.05, 3.63) is 124 Å². The molecule has 1 saturated heterocycles. The largest absolute Gasteiger partial charge is 0.381 e. The fourth-order valence-electron chi connectivity index (χ4n) is 7.57. The molecule has 1 aliphatic heterocycles. The first kappa shape index (κ1) is 41.8. The molecule has 2 aliphatic rings. The standard InChI is InChI=1S/C45H56ClN5O3S2/c1-33-29-41(19-20-43(33)47-38(22-24-49(4)5)32-55-40-9-7-6-8-10-40)56(53,54)48-44(52)35-13-17-39(18-14-35)51-27-25-50(26-28-51)31-36-30-45(2,3)23-21-42(36)34-11-15-37(46)16-12-34/h6-20,29,38,47H,21-28,30-32H2,1-5H3,(H,48,52)/t38-/m1/s1. The molecule has 1 heterocycles. The molecular weight excluding hydrogens is 758 g/mol. The predicted octanol–water partition coefficient (Wildman–Crippen LogP) is 9.08. The van der Waals surface area contributed by atoms with Crippen LogP contribution in [0.2, 0.25) is 5.02 Å². The number of allylic oxidation sites excluding steroid dienone is 1. The summed E-state index contributed by atoms with van der Waals surface area (Å²) in [7, 11) is 0.0378. The Hall–Kier alpha value is -3.80. The second-order valence-electron chi connectivity index (χ2n) is 16.2. The highest BCUT2D eigenvalue weighted by atomic mass is 35.5. The molecule has 298 valence electrons. The number of hydrogen-bond donors (Lipinski definition) is 2. The van der Waals surface area contributed by atoms with Crippen molar-refractivity contribution >= 4 is 56.2 Å². The van der Waals surface area contributed by atoms with Crippen molar-refractivity contribution in [2.45, 2.75) is 62.3 Å². The second-order valence-corrected chi connectivity index (χ2v) is 19.4. The van der Waals surface area contributed by atoms with Gasteiger partial charge in [0, 0.05) is 71.4 Å². The third kappa shape index (κ3) is 11.4. The minimum atomic E-state index is -4.09. The predicted molar refractivity (Wildman–Crippen MR) is 235 cm³/mol. The van der Waals surface area contributed by atoms with Crippen LogP contribution in [0.3, 0.4) is 0 Å². The number of carbonyl (C=O) groups excluding carboxylic acids is 1. The molecule has 0 unspecified atom stereocenters. The monoisotopic (exact) mass is 813 g/mol. The number of rotatable bonds is 15. The summed E-state index contributed by atoms with van der Waals surface area (Å²) in [5.74, 6) is 0.217. The highest BCUT2D eigenvalue weighted by molar-refractivity contribution is 7.99. The Labute approximate surface area is 343 Å². The fourth-order valence-corrected chi connectivity index (χ4v) is 9.75. The summed E-state index contributed by atoms with van der Waals surface area (Å²) in [5.41, 5.74) is 7.57. The maximum absolute atomic E-state index is 13.4. The van der Waals surface area contributed by atoms with E-state index in [0.29, 0.717) is 11.0 Å². The van der Waals surface area contributed by atoms with Gasteiger partial charge in [0.05, 0.1) is 4.90 Å². The van der Waals surface area contributed by atoms with E-state index in [1.165, 1.54) is 28.0 Å². The highest BCUT2D eigenvalue weighted by Crippen LogP contribution is 2.43. The van der Waals surface area contributed by atoms with E-state index in [4.69, 9.17) is 11.6 Å². The Morgan fingerprint density at radius 2 is 1.62 bits per heavy atom. The van der Waals surface area contributed by atoms with E-state index in [-0.39, 0.29) is 10.9 Å². The zero-order valence-corrected chi connectivity index (χ0v) is 35.7. The third-order valence-electron chi connectivity index (χ3n) is 10.9. The third-order valence-corrected chi connectivity index (χ3v) is 13.6. The van der Waals surface area contributed by atoms with Crippen LogP contribution < -0.4 is 14.9 Å². The average molecular weight is 815 g/mol. The molecular formula is C45H56ClN5O3S2. The van der Waals surface area contributed by atoms with Crippen LogP contribution in [0.25, 0.3) is 5.57 Å². The lowest BCUT2D eigenvalue weighted by Crippen LogP contribution is -2.47. The van der Waals surface area contributed by atoms with E-state index < -0.39 is 15.9 Å². The number of halogens is 1. The molecule has 8 nitrogen and oxygen atoms in total. The summed E-state index contributed by atoms with van der Waals surface area (Å²) in [5, 5.41) is 4.41. The number of nitrogens with zero attached hydrogens (tertiary/aromatic N) is 3. The van der Waals surface area contributed by atoms with E-state index in [2.05, 4.69) is 76.9 Å². The van der Waals surface area contributed by atoms with Crippen molar-refractivity contribution in [2.24, 2.45) is 5.41 Å². The molecule has 0 radical (unpaired) electrons. The lowest BCUT2D eigenvalue weighted by atomic mass is 9.73. The number of carbonyl (C=O) groups is 1. The average Bonchev–Trinajstić information content (AvgIpc) is 3.17. The maximum Gasteiger partial charge on any atom is 0.264 e. The number of piperazine rings is 1. The Kier molecular flexibility index (Phi) is 13.9. The number of amides is 1.